The third-order valence-electron chi connectivity index (χ3n) is 4.19. The molecule has 2 heterocycles. The van der Waals surface area contributed by atoms with Gasteiger partial charge in [-0.2, -0.15) is 13.5 Å². The van der Waals surface area contributed by atoms with Gasteiger partial charge in [-0.25, -0.2) is 10.3 Å². The highest BCUT2D eigenvalue weighted by atomic mass is 32.3. The molecule has 0 unspecified atom stereocenters. The summed E-state index contributed by atoms with van der Waals surface area (Å²) in [4.78, 5) is 30.8. The number of carbonyl (C=O) groups excluding carboxylic acids is 2. The van der Waals surface area contributed by atoms with E-state index in [9.17, 15) is 18.0 Å². The summed E-state index contributed by atoms with van der Waals surface area (Å²) in [7, 11) is -4.85. The van der Waals surface area contributed by atoms with E-state index >= 15 is 0 Å². The van der Waals surface area contributed by atoms with Gasteiger partial charge >= 0.3 is 16.4 Å². The van der Waals surface area contributed by atoms with E-state index in [1.165, 1.54) is 4.90 Å². The van der Waals surface area contributed by atoms with Crippen LogP contribution in [0.25, 0.3) is 0 Å². The molecular formula is C12H22N4O7S. The molecule has 0 aromatic heterocycles. The molecule has 138 valence electrons. The standard InChI is InChI=1S/C12H22N4O7S/c1-12(2)6-8(10(17)14-22-5-3-4-13)15-7-9(12)16(11(15)18)23-24(19,20)21/h8-9H,3-7,13H2,1-2H3,(H,14,17)(H,19,20,21)/t8-,9-/m0/s1. The molecule has 24 heavy (non-hydrogen) atoms. The molecule has 2 bridgehead atoms. The van der Waals surface area contributed by atoms with Crippen LogP contribution in [0.4, 0.5) is 4.79 Å². The number of fused-ring (bicyclic) bond motifs is 2. The van der Waals surface area contributed by atoms with Gasteiger partial charge in [0.1, 0.15) is 6.04 Å². The SMILES string of the molecule is CC1(C)C[C@@H](C(=O)NOCCCN)N2C[C@@H]1N(OS(=O)(=O)O)C2=O. The summed E-state index contributed by atoms with van der Waals surface area (Å²) in [5, 5.41) is 0.609. The second kappa shape index (κ2) is 6.80. The highest BCUT2D eigenvalue weighted by molar-refractivity contribution is 7.80. The predicted molar refractivity (Wildman–Crippen MR) is 80.3 cm³/mol. The predicted octanol–water partition coefficient (Wildman–Crippen LogP) is -0.978. The minimum atomic E-state index is -4.85. The molecule has 0 aliphatic carbocycles. The highest BCUT2D eigenvalue weighted by Gasteiger charge is 2.56. The molecule has 3 amide bonds. The third-order valence-corrected chi connectivity index (χ3v) is 4.53. The van der Waals surface area contributed by atoms with Gasteiger partial charge in [-0.1, -0.05) is 13.8 Å². The summed E-state index contributed by atoms with van der Waals surface area (Å²) in [5.41, 5.74) is 6.98. The molecule has 0 aromatic carbocycles. The lowest BCUT2D eigenvalue weighted by atomic mass is 9.76. The van der Waals surface area contributed by atoms with E-state index in [2.05, 4.69) is 9.76 Å². The van der Waals surface area contributed by atoms with Crippen LogP contribution >= 0.6 is 0 Å². The number of urea groups is 1. The minimum Gasteiger partial charge on any atom is -0.330 e. The topological polar surface area (TPSA) is 151 Å². The largest absolute Gasteiger partial charge is 0.418 e. The Morgan fingerprint density at radius 3 is 2.75 bits per heavy atom. The molecule has 2 fully saturated rings. The molecule has 2 atom stereocenters. The van der Waals surface area contributed by atoms with Crippen molar-refractivity contribution >= 4 is 22.3 Å². The Kier molecular flexibility index (Phi) is 5.34. The first-order valence-electron chi connectivity index (χ1n) is 7.45. The monoisotopic (exact) mass is 366 g/mol. The third kappa shape index (κ3) is 3.95. The smallest absolute Gasteiger partial charge is 0.330 e. The van der Waals surface area contributed by atoms with Crippen molar-refractivity contribution in [2.24, 2.45) is 11.1 Å². The van der Waals surface area contributed by atoms with Gasteiger partial charge in [-0.3, -0.25) is 14.2 Å². The zero-order valence-corrected chi connectivity index (χ0v) is 14.3. The molecule has 2 saturated heterocycles. The van der Waals surface area contributed by atoms with Gasteiger partial charge in [-0.05, 0) is 24.8 Å². The molecule has 4 N–H and O–H groups in total. The molecule has 12 heteroatoms. The summed E-state index contributed by atoms with van der Waals surface area (Å²) in [6, 6.07) is -2.25. The maximum atomic E-state index is 12.4. The summed E-state index contributed by atoms with van der Waals surface area (Å²) >= 11 is 0. The van der Waals surface area contributed by atoms with Crippen LogP contribution in [0, 0.1) is 5.41 Å². The molecule has 0 radical (unpaired) electrons. The molecule has 2 aliphatic rings. The van der Waals surface area contributed by atoms with E-state index in [1.807, 2.05) is 0 Å². The molecule has 2 aliphatic heterocycles. The van der Waals surface area contributed by atoms with Crippen LogP contribution in [0.1, 0.15) is 26.7 Å². The average Bonchev–Trinajstić information content (AvgIpc) is 2.74. The van der Waals surface area contributed by atoms with Crippen molar-refractivity contribution < 1.29 is 31.7 Å². The lowest BCUT2D eigenvalue weighted by Crippen LogP contribution is -2.54. The van der Waals surface area contributed by atoms with E-state index in [1.54, 1.807) is 13.8 Å². The molecule has 0 saturated carbocycles. The lowest BCUT2D eigenvalue weighted by molar-refractivity contribution is -0.141. The van der Waals surface area contributed by atoms with Crippen LogP contribution in [0.2, 0.25) is 0 Å². The number of rotatable bonds is 7. The van der Waals surface area contributed by atoms with Crippen molar-refractivity contribution in [3.8, 4) is 0 Å². The fourth-order valence-electron chi connectivity index (χ4n) is 2.93. The second-order valence-electron chi connectivity index (χ2n) is 6.44. The normalized spacial score (nSPS) is 25.9. The number of amides is 3. The summed E-state index contributed by atoms with van der Waals surface area (Å²) in [5.74, 6) is -0.513. The summed E-state index contributed by atoms with van der Waals surface area (Å²) < 4.78 is 35.2. The van der Waals surface area contributed by atoms with Gasteiger partial charge in [0, 0.05) is 6.54 Å². The molecular weight excluding hydrogens is 344 g/mol. The van der Waals surface area contributed by atoms with Crippen molar-refractivity contribution in [1.29, 1.82) is 0 Å². The van der Waals surface area contributed by atoms with E-state index in [-0.39, 0.29) is 19.6 Å². The van der Waals surface area contributed by atoms with Gasteiger partial charge in [0.25, 0.3) is 5.91 Å². The van der Waals surface area contributed by atoms with E-state index < -0.39 is 39.8 Å². The number of nitrogens with zero attached hydrogens (tertiary/aromatic N) is 2. The number of hydroxylamine groups is 3. The van der Waals surface area contributed by atoms with Crippen molar-refractivity contribution in [1.82, 2.24) is 15.4 Å². The first-order valence-corrected chi connectivity index (χ1v) is 8.82. The summed E-state index contributed by atoms with van der Waals surface area (Å²) in [6.45, 7) is 4.32. The first kappa shape index (κ1) is 18.9. The maximum absolute atomic E-state index is 12.4. The van der Waals surface area contributed by atoms with Crippen molar-refractivity contribution in [2.45, 2.75) is 38.8 Å². The van der Waals surface area contributed by atoms with Crippen LogP contribution in [0.3, 0.4) is 0 Å². The van der Waals surface area contributed by atoms with Gasteiger partial charge in [0.2, 0.25) is 0 Å². The van der Waals surface area contributed by atoms with Gasteiger partial charge in [0.05, 0.1) is 12.6 Å². The fourth-order valence-corrected chi connectivity index (χ4v) is 3.30. The molecule has 11 nitrogen and oxygen atoms in total. The van der Waals surface area contributed by atoms with Crippen LogP contribution in [-0.4, -0.2) is 66.7 Å². The zero-order chi connectivity index (χ0) is 18.1. The average molecular weight is 366 g/mol. The van der Waals surface area contributed by atoms with Crippen molar-refractivity contribution in [3.63, 3.8) is 0 Å². The number of carbonyl (C=O) groups is 2. The quantitative estimate of drug-likeness (QED) is 0.295. The Morgan fingerprint density at radius 2 is 2.17 bits per heavy atom. The van der Waals surface area contributed by atoms with E-state index in [0.717, 1.165) is 0 Å². The number of nitrogens with one attached hydrogen (secondary N) is 1. The zero-order valence-electron chi connectivity index (χ0n) is 13.5. The molecule has 0 aromatic rings. The van der Waals surface area contributed by atoms with Crippen LogP contribution in [0.5, 0.6) is 0 Å². The van der Waals surface area contributed by atoms with Crippen LogP contribution < -0.4 is 11.2 Å². The lowest BCUT2D eigenvalue weighted by Gasteiger charge is -2.40. The van der Waals surface area contributed by atoms with E-state index in [4.69, 9.17) is 15.1 Å². The van der Waals surface area contributed by atoms with Crippen LogP contribution in [0.15, 0.2) is 0 Å². The highest BCUT2D eigenvalue weighted by Crippen LogP contribution is 2.42. The molecule has 2 rings (SSSR count). The van der Waals surface area contributed by atoms with Gasteiger partial charge in [0.15, 0.2) is 0 Å². The Labute approximate surface area is 139 Å². The summed E-state index contributed by atoms with van der Waals surface area (Å²) in [6.07, 6.45) is 0.845. The molecule has 0 spiro atoms. The number of piperidine rings is 1. The van der Waals surface area contributed by atoms with E-state index in [0.29, 0.717) is 18.0 Å². The number of nitrogens with two attached hydrogens (primary N) is 1. The van der Waals surface area contributed by atoms with Gasteiger partial charge < -0.3 is 10.6 Å². The minimum absolute atomic E-state index is 0.0994. The first-order chi connectivity index (χ1) is 11.1. The second-order valence-corrected chi connectivity index (χ2v) is 7.45. The Balaban J connectivity index is 2.12. The Morgan fingerprint density at radius 1 is 1.50 bits per heavy atom. The van der Waals surface area contributed by atoms with Gasteiger partial charge in [-0.15, -0.1) is 4.28 Å². The number of hydrogen-bond donors (Lipinski definition) is 3. The number of hydrogen-bond acceptors (Lipinski definition) is 7. The fraction of sp³-hybridized carbons (Fsp3) is 0.833. The maximum Gasteiger partial charge on any atom is 0.418 e. The van der Waals surface area contributed by atoms with Crippen molar-refractivity contribution in [3.05, 3.63) is 0 Å². The van der Waals surface area contributed by atoms with Crippen molar-refractivity contribution in [2.75, 3.05) is 19.7 Å². The Bertz CT molecular complexity index is 609. The van der Waals surface area contributed by atoms with Crippen LogP contribution in [-0.2, 0) is 24.3 Å². The Hall–Kier alpha value is -1.47.